The van der Waals surface area contributed by atoms with Crippen LogP contribution in [-0.4, -0.2) is 25.0 Å². The van der Waals surface area contributed by atoms with Crippen LogP contribution in [0, 0.1) is 0 Å². The molecular formula is C12H10F3NO3. The molecule has 1 aromatic rings. The normalized spacial score (nSPS) is 18.1. The van der Waals surface area contributed by atoms with Crippen LogP contribution in [0.5, 0.6) is 5.75 Å². The first-order valence-electron chi connectivity index (χ1n) is 5.41. The molecule has 0 aliphatic heterocycles. The Morgan fingerprint density at radius 3 is 2.68 bits per heavy atom. The van der Waals surface area contributed by atoms with Gasteiger partial charge in [-0.1, -0.05) is 0 Å². The van der Waals surface area contributed by atoms with Crippen molar-refractivity contribution in [2.75, 3.05) is 7.11 Å². The molecule has 7 heteroatoms. The van der Waals surface area contributed by atoms with Crippen molar-refractivity contribution in [2.45, 2.75) is 18.6 Å². The summed E-state index contributed by atoms with van der Waals surface area (Å²) in [5.74, 6) is -1.94. The largest absolute Gasteiger partial charge is 0.497 e. The molecule has 1 amide bonds. The van der Waals surface area contributed by atoms with Gasteiger partial charge >= 0.3 is 12.1 Å². The maximum atomic E-state index is 12.2. The first kappa shape index (κ1) is 13.4. The highest BCUT2D eigenvalue weighted by atomic mass is 19.4. The maximum Gasteiger partial charge on any atom is 0.471 e. The molecule has 0 bridgehead atoms. The summed E-state index contributed by atoms with van der Waals surface area (Å²) in [5, 5.41) is 1.82. The van der Waals surface area contributed by atoms with Crippen LogP contribution >= 0.6 is 0 Å². The number of hydrogen-bond acceptors (Lipinski definition) is 3. The number of hydrogen-bond donors (Lipinski definition) is 1. The first-order chi connectivity index (χ1) is 8.82. The predicted molar refractivity (Wildman–Crippen MR) is 58.9 cm³/mol. The summed E-state index contributed by atoms with van der Waals surface area (Å²) < 4.78 is 41.5. The third kappa shape index (κ3) is 2.54. The second-order valence-electron chi connectivity index (χ2n) is 4.10. The van der Waals surface area contributed by atoms with Gasteiger partial charge in [-0.25, -0.2) is 0 Å². The lowest BCUT2D eigenvalue weighted by Crippen LogP contribution is -2.38. The number of amides is 1. The predicted octanol–water partition coefficient (Wildman–Crippen LogP) is 2.00. The Morgan fingerprint density at radius 2 is 2.11 bits per heavy atom. The van der Waals surface area contributed by atoms with Gasteiger partial charge in [0, 0.05) is 12.0 Å². The van der Waals surface area contributed by atoms with Gasteiger partial charge in [0.15, 0.2) is 5.78 Å². The molecule has 0 radical (unpaired) electrons. The van der Waals surface area contributed by atoms with Crippen molar-refractivity contribution in [1.82, 2.24) is 5.32 Å². The molecule has 1 N–H and O–H groups in total. The number of methoxy groups -OCH3 is 1. The van der Waals surface area contributed by atoms with E-state index < -0.39 is 18.1 Å². The Morgan fingerprint density at radius 1 is 1.42 bits per heavy atom. The summed E-state index contributed by atoms with van der Waals surface area (Å²) in [5.41, 5.74) is 0.662. The molecule has 0 fully saturated rings. The Hall–Kier alpha value is -2.05. The number of alkyl halides is 3. The van der Waals surface area contributed by atoms with Crippen molar-refractivity contribution < 1.29 is 27.5 Å². The summed E-state index contributed by atoms with van der Waals surface area (Å²) in [6.45, 7) is 0. The lowest BCUT2D eigenvalue weighted by Gasteiger charge is -2.15. The van der Waals surface area contributed by atoms with E-state index in [1.165, 1.54) is 19.2 Å². The molecule has 1 atom stereocenters. The van der Waals surface area contributed by atoms with Gasteiger partial charge in [-0.2, -0.15) is 13.2 Å². The summed E-state index contributed by atoms with van der Waals surface area (Å²) >= 11 is 0. The van der Waals surface area contributed by atoms with Crippen LogP contribution in [0.3, 0.4) is 0 Å². The van der Waals surface area contributed by atoms with E-state index in [1.54, 1.807) is 6.07 Å². The van der Waals surface area contributed by atoms with E-state index in [9.17, 15) is 22.8 Å². The third-order valence-corrected chi connectivity index (χ3v) is 2.89. The van der Waals surface area contributed by atoms with Crippen molar-refractivity contribution in [3.63, 3.8) is 0 Å². The van der Waals surface area contributed by atoms with Crippen molar-refractivity contribution in [3.8, 4) is 5.75 Å². The van der Waals surface area contributed by atoms with Crippen molar-refractivity contribution in [2.24, 2.45) is 0 Å². The summed E-state index contributed by atoms with van der Waals surface area (Å²) in [4.78, 5) is 22.5. The highest BCUT2D eigenvalue weighted by Crippen LogP contribution is 2.34. The number of Topliss-reactive ketones (excluding diaryl/α,β-unsaturated/α-hetero) is 1. The number of benzene rings is 1. The highest BCUT2D eigenvalue weighted by molar-refractivity contribution is 6.02. The van der Waals surface area contributed by atoms with E-state index in [-0.39, 0.29) is 12.2 Å². The number of halogens is 3. The van der Waals surface area contributed by atoms with Crippen molar-refractivity contribution in [3.05, 3.63) is 29.3 Å². The van der Waals surface area contributed by atoms with Gasteiger partial charge < -0.3 is 10.1 Å². The molecule has 0 saturated heterocycles. The van der Waals surface area contributed by atoms with Gasteiger partial charge in [0.2, 0.25) is 0 Å². The zero-order valence-electron chi connectivity index (χ0n) is 9.88. The molecule has 1 aliphatic rings. The number of ketones is 1. The molecule has 1 aromatic carbocycles. The average Bonchev–Trinajstić information content (AvgIpc) is 2.64. The smallest absolute Gasteiger partial charge is 0.471 e. The standard InChI is InChI=1S/C12H10F3NO3/c1-19-6-2-3-7-8(4-6)9(5-10(7)17)16-11(18)12(13,14)15/h2-4,9H,5H2,1H3,(H,16,18)/t9-/m1/s1. The van der Waals surface area contributed by atoms with E-state index in [1.807, 2.05) is 5.32 Å². The zero-order chi connectivity index (χ0) is 14.2. The SMILES string of the molecule is COc1ccc2c(c1)[C@H](NC(=O)C(F)(F)F)CC2=O. The summed E-state index contributed by atoms with van der Waals surface area (Å²) in [6, 6.07) is 3.52. The van der Waals surface area contributed by atoms with Crippen LogP contribution in [0.4, 0.5) is 13.2 Å². The van der Waals surface area contributed by atoms with E-state index in [4.69, 9.17) is 4.74 Å². The van der Waals surface area contributed by atoms with Gasteiger partial charge in [-0.3, -0.25) is 9.59 Å². The third-order valence-electron chi connectivity index (χ3n) is 2.89. The molecule has 4 nitrogen and oxygen atoms in total. The van der Waals surface area contributed by atoms with E-state index >= 15 is 0 Å². The van der Waals surface area contributed by atoms with Gasteiger partial charge in [0.05, 0.1) is 13.2 Å². The second kappa shape index (κ2) is 4.56. The average molecular weight is 273 g/mol. The number of ether oxygens (including phenoxy) is 1. The minimum atomic E-state index is -4.97. The Balaban J connectivity index is 2.28. The van der Waals surface area contributed by atoms with E-state index in [0.717, 1.165) is 0 Å². The highest BCUT2D eigenvalue weighted by Gasteiger charge is 2.42. The van der Waals surface area contributed by atoms with Gasteiger partial charge in [0.1, 0.15) is 5.75 Å². The zero-order valence-corrected chi connectivity index (χ0v) is 9.88. The molecule has 0 heterocycles. The lowest BCUT2D eigenvalue weighted by atomic mass is 10.1. The summed E-state index contributed by atoms with van der Waals surface area (Å²) in [7, 11) is 1.40. The monoisotopic (exact) mass is 273 g/mol. The van der Waals surface area contributed by atoms with Crippen LogP contribution in [0.25, 0.3) is 0 Å². The fourth-order valence-corrected chi connectivity index (χ4v) is 1.98. The summed E-state index contributed by atoms with van der Waals surface area (Å²) in [6.07, 6.45) is -5.14. The second-order valence-corrected chi connectivity index (χ2v) is 4.10. The number of nitrogens with one attached hydrogen (secondary N) is 1. The molecule has 0 unspecified atom stereocenters. The molecule has 0 aromatic heterocycles. The minimum absolute atomic E-state index is 0.176. The first-order valence-corrected chi connectivity index (χ1v) is 5.41. The molecular weight excluding hydrogens is 263 g/mol. The molecule has 102 valence electrons. The maximum absolute atomic E-state index is 12.2. The molecule has 1 aliphatic carbocycles. The molecule has 0 spiro atoms. The van der Waals surface area contributed by atoms with E-state index in [0.29, 0.717) is 16.9 Å². The number of carbonyl (C=O) groups is 2. The lowest BCUT2D eigenvalue weighted by molar-refractivity contribution is -0.174. The van der Waals surface area contributed by atoms with E-state index in [2.05, 4.69) is 0 Å². The van der Waals surface area contributed by atoms with Gasteiger partial charge in [0.25, 0.3) is 0 Å². The Kier molecular flexibility index (Phi) is 3.21. The minimum Gasteiger partial charge on any atom is -0.497 e. The topological polar surface area (TPSA) is 55.4 Å². The molecule has 19 heavy (non-hydrogen) atoms. The van der Waals surface area contributed by atoms with Gasteiger partial charge in [-0.05, 0) is 23.8 Å². The fraction of sp³-hybridized carbons (Fsp3) is 0.333. The Bertz CT molecular complexity index is 540. The molecule has 0 saturated carbocycles. The van der Waals surface area contributed by atoms with Gasteiger partial charge in [-0.15, -0.1) is 0 Å². The van der Waals surface area contributed by atoms with Crippen LogP contribution in [0.1, 0.15) is 28.4 Å². The Labute approximate surface area is 106 Å². The molecule has 2 rings (SSSR count). The fourth-order valence-electron chi connectivity index (χ4n) is 1.98. The van der Waals surface area contributed by atoms with Crippen LogP contribution in [0.2, 0.25) is 0 Å². The van der Waals surface area contributed by atoms with Crippen molar-refractivity contribution >= 4 is 11.7 Å². The van der Waals surface area contributed by atoms with Crippen LogP contribution < -0.4 is 10.1 Å². The number of carbonyl (C=O) groups excluding carboxylic acids is 2. The quantitative estimate of drug-likeness (QED) is 0.896. The van der Waals surface area contributed by atoms with Crippen LogP contribution in [0.15, 0.2) is 18.2 Å². The number of fused-ring (bicyclic) bond motifs is 1. The number of rotatable bonds is 2. The van der Waals surface area contributed by atoms with Crippen LogP contribution in [-0.2, 0) is 4.79 Å². The van der Waals surface area contributed by atoms with Crippen molar-refractivity contribution in [1.29, 1.82) is 0 Å².